The van der Waals surface area contributed by atoms with Crippen molar-refractivity contribution in [1.82, 2.24) is 9.97 Å². The average molecular weight is 277 g/mol. The fraction of sp³-hybridized carbons (Fsp3) is 0.333. The van der Waals surface area contributed by atoms with Gasteiger partial charge in [0.25, 0.3) is 0 Å². The molecule has 0 saturated heterocycles. The third-order valence-corrected chi connectivity index (χ3v) is 2.86. The summed E-state index contributed by atoms with van der Waals surface area (Å²) in [7, 11) is 0. The van der Waals surface area contributed by atoms with Gasteiger partial charge in [0.1, 0.15) is 16.7 Å². The first kappa shape index (κ1) is 13.8. The number of hydrogen-bond acceptors (Lipinski definition) is 3. The highest BCUT2D eigenvalue weighted by Crippen LogP contribution is 2.25. The van der Waals surface area contributed by atoms with Crippen molar-refractivity contribution in [2.45, 2.75) is 26.7 Å². The molecule has 1 aromatic heterocycles. The Balaban J connectivity index is 2.43. The molecule has 2 aromatic rings. The summed E-state index contributed by atoms with van der Waals surface area (Å²) in [6.45, 7) is 6.70. The summed E-state index contributed by atoms with van der Waals surface area (Å²) in [5.41, 5.74) is 1.81. The van der Waals surface area contributed by atoms with E-state index in [4.69, 9.17) is 16.3 Å². The van der Waals surface area contributed by atoms with Crippen molar-refractivity contribution in [3.8, 4) is 17.0 Å². The van der Waals surface area contributed by atoms with E-state index in [1.54, 1.807) is 6.07 Å². The van der Waals surface area contributed by atoms with E-state index in [0.29, 0.717) is 11.8 Å². The first-order valence-electron chi connectivity index (χ1n) is 6.38. The summed E-state index contributed by atoms with van der Waals surface area (Å²) in [6.07, 6.45) is 0. The van der Waals surface area contributed by atoms with Gasteiger partial charge in [-0.1, -0.05) is 37.6 Å². The molecule has 100 valence electrons. The van der Waals surface area contributed by atoms with Crippen LogP contribution in [0.5, 0.6) is 5.75 Å². The Bertz CT molecular complexity index is 570. The molecule has 0 spiro atoms. The van der Waals surface area contributed by atoms with Gasteiger partial charge >= 0.3 is 0 Å². The van der Waals surface area contributed by atoms with E-state index < -0.39 is 0 Å². The summed E-state index contributed by atoms with van der Waals surface area (Å²) in [5, 5.41) is 0.468. The van der Waals surface area contributed by atoms with E-state index >= 15 is 0 Å². The molecule has 1 heterocycles. The van der Waals surface area contributed by atoms with Gasteiger partial charge in [0.05, 0.1) is 12.3 Å². The smallest absolute Gasteiger partial charge is 0.133 e. The van der Waals surface area contributed by atoms with Crippen LogP contribution in [-0.4, -0.2) is 16.6 Å². The SMILES string of the molecule is CCOc1cccc(-c2cc(Cl)nc(C(C)C)n2)c1. The Hall–Kier alpha value is -1.61. The topological polar surface area (TPSA) is 35.0 Å². The average Bonchev–Trinajstić information content (AvgIpc) is 2.38. The Labute approximate surface area is 118 Å². The van der Waals surface area contributed by atoms with Crippen LogP contribution in [-0.2, 0) is 0 Å². The van der Waals surface area contributed by atoms with Crippen molar-refractivity contribution in [3.63, 3.8) is 0 Å². The number of nitrogens with zero attached hydrogens (tertiary/aromatic N) is 2. The molecule has 2 rings (SSSR count). The predicted molar refractivity (Wildman–Crippen MR) is 77.7 cm³/mol. The molecule has 0 radical (unpaired) electrons. The predicted octanol–water partition coefficient (Wildman–Crippen LogP) is 4.32. The molecule has 0 aliphatic heterocycles. The minimum absolute atomic E-state index is 0.243. The van der Waals surface area contributed by atoms with Crippen LogP contribution >= 0.6 is 11.6 Å². The maximum Gasteiger partial charge on any atom is 0.133 e. The molecule has 0 amide bonds. The molecule has 0 bridgehead atoms. The van der Waals surface area contributed by atoms with Gasteiger partial charge in [-0.2, -0.15) is 0 Å². The lowest BCUT2D eigenvalue weighted by atomic mass is 10.1. The summed E-state index contributed by atoms with van der Waals surface area (Å²) in [6, 6.07) is 9.61. The molecular formula is C15H17ClN2O. The van der Waals surface area contributed by atoms with Crippen LogP contribution in [0.15, 0.2) is 30.3 Å². The van der Waals surface area contributed by atoms with Gasteiger partial charge in [-0.05, 0) is 19.1 Å². The fourth-order valence-corrected chi connectivity index (χ4v) is 1.94. The van der Waals surface area contributed by atoms with Crippen LogP contribution < -0.4 is 4.74 Å². The molecule has 0 unspecified atom stereocenters. The molecular weight excluding hydrogens is 260 g/mol. The first-order valence-corrected chi connectivity index (χ1v) is 6.75. The third kappa shape index (κ3) is 3.44. The molecule has 0 fully saturated rings. The van der Waals surface area contributed by atoms with Crippen LogP contribution in [0, 0.1) is 0 Å². The molecule has 19 heavy (non-hydrogen) atoms. The Morgan fingerprint density at radius 3 is 2.68 bits per heavy atom. The Morgan fingerprint density at radius 1 is 1.21 bits per heavy atom. The zero-order valence-electron chi connectivity index (χ0n) is 11.4. The van der Waals surface area contributed by atoms with Gasteiger partial charge in [0.15, 0.2) is 0 Å². The number of benzene rings is 1. The lowest BCUT2D eigenvalue weighted by Gasteiger charge is -2.09. The lowest BCUT2D eigenvalue weighted by Crippen LogP contribution is -1.99. The van der Waals surface area contributed by atoms with E-state index in [1.807, 2.05) is 45.0 Å². The van der Waals surface area contributed by atoms with Crippen LogP contribution in [0.1, 0.15) is 32.5 Å². The van der Waals surface area contributed by atoms with Crippen molar-refractivity contribution in [3.05, 3.63) is 41.3 Å². The van der Waals surface area contributed by atoms with E-state index in [2.05, 4.69) is 9.97 Å². The molecule has 1 aromatic carbocycles. The molecule has 0 N–H and O–H groups in total. The normalized spacial score (nSPS) is 10.8. The highest BCUT2D eigenvalue weighted by Gasteiger charge is 2.09. The van der Waals surface area contributed by atoms with Crippen molar-refractivity contribution in [2.24, 2.45) is 0 Å². The van der Waals surface area contributed by atoms with Gasteiger partial charge in [-0.15, -0.1) is 0 Å². The molecule has 3 nitrogen and oxygen atoms in total. The second kappa shape index (κ2) is 6.02. The molecule has 0 atom stereocenters. The third-order valence-electron chi connectivity index (χ3n) is 2.67. The lowest BCUT2D eigenvalue weighted by molar-refractivity contribution is 0.340. The molecule has 0 aliphatic carbocycles. The monoisotopic (exact) mass is 276 g/mol. The van der Waals surface area contributed by atoms with Gasteiger partial charge in [0, 0.05) is 17.5 Å². The summed E-state index contributed by atoms with van der Waals surface area (Å²) < 4.78 is 5.50. The maximum atomic E-state index is 6.06. The largest absolute Gasteiger partial charge is 0.494 e. The van der Waals surface area contributed by atoms with Crippen molar-refractivity contribution >= 4 is 11.6 Å². The molecule has 0 aliphatic rings. The van der Waals surface area contributed by atoms with E-state index in [9.17, 15) is 0 Å². The van der Waals surface area contributed by atoms with E-state index in [0.717, 1.165) is 22.8 Å². The summed E-state index contributed by atoms with van der Waals surface area (Å²) >= 11 is 6.06. The highest BCUT2D eigenvalue weighted by atomic mass is 35.5. The van der Waals surface area contributed by atoms with Crippen LogP contribution in [0.2, 0.25) is 5.15 Å². The zero-order valence-corrected chi connectivity index (χ0v) is 12.1. The second-order valence-corrected chi connectivity index (χ2v) is 4.94. The number of rotatable bonds is 4. The number of halogens is 1. The van der Waals surface area contributed by atoms with Gasteiger partial charge in [-0.25, -0.2) is 9.97 Å². The highest BCUT2D eigenvalue weighted by molar-refractivity contribution is 6.29. The van der Waals surface area contributed by atoms with Gasteiger partial charge in [-0.3, -0.25) is 0 Å². The van der Waals surface area contributed by atoms with Crippen LogP contribution in [0.4, 0.5) is 0 Å². The first-order chi connectivity index (χ1) is 9.10. The van der Waals surface area contributed by atoms with Crippen molar-refractivity contribution < 1.29 is 4.74 Å². The van der Waals surface area contributed by atoms with Crippen molar-refractivity contribution in [1.29, 1.82) is 0 Å². The summed E-state index contributed by atoms with van der Waals surface area (Å²) in [5.74, 6) is 1.83. The second-order valence-electron chi connectivity index (χ2n) is 4.55. The summed E-state index contributed by atoms with van der Waals surface area (Å²) in [4.78, 5) is 8.79. The van der Waals surface area contributed by atoms with Crippen molar-refractivity contribution in [2.75, 3.05) is 6.61 Å². The number of aromatic nitrogens is 2. The minimum atomic E-state index is 0.243. The van der Waals surface area contributed by atoms with Gasteiger partial charge < -0.3 is 4.74 Å². The van der Waals surface area contributed by atoms with Crippen LogP contribution in [0.3, 0.4) is 0 Å². The quantitative estimate of drug-likeness (QED) is 0.780. The molecule has 4 heteroatoms. The number of ether oxygens (including phenoxy) is 1. The van der Waals surface area contributed by atoms with Gasteiger partial charge in [0.2, 0.25) is 0 Å². The number of hydrogen-bond donors (Lipinski definition) is 0. The Kier molecular flexibility index (Phi) is 4.38. The minimum Gasteiger partial charge on any atom is -0.494 e. The van der Waals surface area contributed by atoms with E-state index in [-0.39, 0.29) is 5.92 Å². The van der Waals surface area contributed by atoms with E-state index in [1.165, 1.54) is 0 Å². The standard InChI is InChI=1S/C15H17ClN2O/c1-4-19-12-7-5-6-11(8-12)13-9-14(16)18-15(17-13)10(2)3/h5-10H,4H2,1-3H3. The van der Waals surface area contributed by atoms with Crippen LogP contribution in [0.25, 0.3) is 11.3 Å². The molecule has 0 saturated carbocycles. The Morgan fingerprint density at radius 2 is 2.00 bits per heavy atom. The maximum absolute atomic E-state index is 6.06. The fourth-order valence-electron chi connectivity index (χ4n) is 1.75. The zero-order chi connectivity index (χ0) is 13.8.